The monoisotopic (exact) mass is 501 g/mol. The van der Waals surface area contributed by atoms with Crippen molar-refractivity contribution < 1.29 is 13.9 Å². The van der Waals surface area contributed by atoms with E-state index in [4.69, 9.17) is 16.2 Å². The molecule has 1 aliphatic heterocycles. The number of hydrogen-bond acceptors (Lipinski definition) is 8. The zero-order valence-electron chi connectivity index (χ0n) is 20.4. The normalized spacial score (nSPS) is 19.0. The lowest BCUT2D eigenvalue weighted by Gasteiger charge is -2.30. The maximum absolute atomic E-state index is 14.2. The molecule has 0 aliphatic carbocycles. The minimum Gasteiger partial charge on any atom is -0.389 e. The van der Waals surface area contributed by atoms with Crippen molar-refractivity contribution >= 4 is 33.8 Å². The smallest absolute Gasteiger partial charge is 0.277 e. The highest BCUT2D eigenvalue weighted by molar-refractivity contribution is 7.19. The van der Waals surface area contributed by atoms with Gasteiger partial charge >= 0.3 is 0 Å². The SMILES string of the molecule is Cn1ncc(NC(=O)c2nc(-c3ccccc3F)sc2N)c1N1CCC(N)C(OC(C)(C)C)CC1. The number of hydrogen-bond donors (Lipinski definition) is 3. The third-order valence-corrected chi connectivity index (χ3v) is 6.74. The van der Waals surface area contributed by atoms with Gasteiger partial charge in [-0.05, 0) is 45.7 Å². The number of nitrogen functional groups attached to an aromatic ring is 1. The number of thiazole rings is 1. The van der Waals surface area contributed by atoms with E-state index in [1.807, 2.05) is 27.8 Å². The topological polar surface area (TPSA) is 124 Å². The third-order valence-electron chi connectivity index (χ3n) is 5.83. The van der Waals surface area contributed by atoms with E-state index in [2.05, 4.69) is 20.3 Å². The summed E-state index contributed by atoms with van der Waals surface area (Å²) in [4.78, 5) is 19.6. The number of rotatable bonds is 5. The quantitative estimate of drug-likeness (QED) is 0.488. The molecule has 1 aliphatic rings. The first kappa shape index (κ1) is 25.1. The van der Waals surface area contributed by atoms with Crippen LogP contribution in [0.3, 0.4) is 0 Å². The fraction of sp³-hybridized carbons (Fsp3) is 0.458. The van der Waals surface area contributed by atoms with E-state index >= 15 is 0 Å². The Hall–Kier alpha value is -3.02. The second-order valence-corrected chi connectivity index (χ2v) is 10.7. The summed E-state index contributed by atoms with van der Waals surface area (Å²) in [5.41, 5.74) is 13.1. The summed E-state index contributed by atoms with van der Waals surface area (Å²) in [5.74, 6) is -0.128. The zero-order valence-corrected chi connectivity index (χ0v) is 21.2. The van der Waals surface area contributed by atoms with Crippen LogP contribution in [0.5, 0.6) is 0 Å². The number of ether oxygens (including phenoxy) is 1. The lowest BCUT2D eigenvalue weighted by atomic mass is 10.1. The van der Waals surface area contributed by atoms with Crippen molar-refractivity contribution in [2.45, 2.75) is 51.4 Å². The van der Waals surface area contributed by atoms with Crippen LogP contribution in [0.25, 0.3) is 10.6 Å². The number of aromatic nitrogens is 3. The minimum absolute atomic E-state index is 0.0552. The van der Waals surface area contributed by atoms with Crippen LogP contribution in [0.15, 0.2) is 30.5 Å². The van der Waals surface area contributed by atoms with Gasteiger partial charge in [-0.2, -0.15) is 5.10 Å². The van der Waals surface area contributed by atoms with Crippen LogP contribution in [0.2, 0.25) is 0 Å². The van der Waals surface area contributed by atoms with Crippen LogP contribution in [0.4, 0.5) is 20.9 Å². The first-order valence-corrected chi connectivity index (χ1v) is 12.4. The molecule has 9 nitrogen and oxygen atoms in total. The van der Waals surface area contributed by atoms with Gasteiger partial charge in [0.15, 0.2) is 11.5 Å². The van der Waals surface area contributed by atoms with Crippen molar-refractivity contribution in [2.24, 2.45) is 12.8 Å². The Bertz CT molecular complexity index is 1200. The van der Waals surface area contributed by atoms with Gasteiger partial charge in [-0.3, -0.25) is 9.48 Å². The first-order valence-electron chi connectivity index (χ1n) is 11.6. The van der Waals surface area contributed by atoms with Crippen LogP contribution in [0, 0.1) is 5.82 Å². The van der Waals surface area contributed by atoms with Crippen molar-refractivity contribution in [2.75, 3.05) is 29.0 Å². The predicted octanol–water partition coefficient (Wildman–Crippen LogP) is 3.63. The number of carbonyl (C=O) groups is 1. The van der Waals surface area contributed by atoms with E-state index in [0.29, 0.717) is 29.3 Å². The summed E-state index contributed by atoms with van der Waals surface area (Å²) in [6.07, 6.45) is 3.03. The number of anilines is 3. The second-order valence-electron chi connectivity index (χ2n) is 9.67. The van der Waals surface area contributed by atoms with Crippen molar-refractivity contribution in [3.63, 3.8) is 0 Å². The number of nitrogens with one attached hydrogen (secondary N) is 1. The molecule has 1 saturated heterocycles. The van der Waals surface area contributed by atoms with E-state index in [0.717, 1.165) is 30.0 Å². The Morgan fingerprint density at radius 2 is 1.97 bits per heavy atom. The lowest BCUT2D eigenvalue weighted by Crippen LogP contribution is -2.41. The standard InChI is InChI=1S/C24H32FN7O2S/c1-24(2,3)34-18-10-12-32(11-9-16(18)26)23-17(13-28-31(23)4)29-21(33)19-20(27)35-22(30-19)14-7-5-6-8-15(14)25/h5-8,13,16,18H,9-12,26-27H2,1-4H3,(H,29,33). The van der Waals surface area contributed by atoms with E-state index in [9.17, 15) is 9.18 Å². The fourth-order valence-corrected chi connectivity index (χ4v) is 5.09. The van der Waals surface area contributed by atoms with Crippen molar-refractivity contribution in [3.05, 3.63) is 42.0 Å². The molecule has 3 heterocycles. The molecule has 3 aromatic rings. The molecule has 1 aromatic carbocycles. The maximum Gasteiger partial charge on any atom is 0.277 e. The molecule has 2 aromatic heterocycles. The molecular weight excluding hydrogens is 469 g/mol. The summed E-state index contributed by atoms with van der Waals surface area (Å²) in [5, 5.41) is 7.81. The number of amides is 1. The van der Waals surface area contributed by atoms with Gasteiger partial charge in [-0.1, -0.05) is 23.5 Å². The average Bonchev–Trinajstić information content (AvgIpc) is 3.29. The number of benzene rings is 1. The van der Waals surface area contributed by atoms with Gasteiger partial charge in [-0.25, -0.2) is 9.37 Å². The Morgan fingerprint density at radius 3 is 2.69 bits per heavy atom. The molecule has 0 saturated carbocycles. The Balaban J connectivity index is 1.53. The molecule has 4 rings (SSSR count). The lowest BCUT2D eigenvalue weighted by molar-refractivity contribution is -0.0707. The number of aryl methyl sites for hydroxylation is 1. The molecule has 5 N–H and O–H groups in total. The van der Waals surface area contributed by atoms with Crippen LogP contribution < -0.4 is 21.7 Å². The number of carbonyl (C=O) groups excluding carboxylic acids is 1. The van der Waals surface area contributed by atoms with Crippen LogP contribution in [-0.2, 0) is 11.8 Å². The van der Waals surface area contributed by atoms with Crippen LogP contribution in [0.1, 0.15) is 44.1 Å². The van der Waals surface area contributed by atoms with Gasteiger partial charge in [0.25, 0.3) is 5.91 Å². The third kappa shape index (κ3) is 5.63. The highest BCUT2D eigenvalue weighted by atomic mass is 32.1. The van der Waals surface area contributed by atoms with Crippen LogP contribution in [-0.4, -0.2) is 51.5 Å². The molecule has 0 spiro atoms. The number of halogens is 1. The molecule has 1 fully saturated rings. The highest BCUT2D eigenvalue weighted by Crippen LogP contribution is 2.33. The van der Waals surface area contributed by atoms with Gasteiger partial charge < -0.3 is 26.4 Å². The molecule has 0 radical (unpaired) electrons. The van der Waals surface area contributed by atoms with Crippen LogP contribution >= 0.6 is 11.3 Å². The van der Waals surface area contributed by atoms with Crippen molar-refractivity contribution in [1.82, 2.24) is 14.8 Å². The van der Waals surface area contributed by atoms with Gasteiger partial charge in [0.2, 0.25) is 0 Å². The fourth-order valence-electron chi connectivity index (χ4n) is 4.23. The molecule has 11 heteroatoms. The van der Waals surface area contributed by atoms with Gasteiger partial charge in [0, 0.05) is 31.7 Å². The van der Waals surface area contributed by atoms with Gasteiger partial charge in [-0.15, -0.1) is 0 Å². The predicted molar refractivity (Wildman–Crippen MR) is 137 cm³/mol. The summed E-state index contributed by atoms with van der Waals surface area (Å²) >= 11 is 1.07. The largest absolute Gasteiger partial charge is 0.389 e. The zero-order chi connectivity index (χ0) is 25.3. The molecule has 2 atom stereocenters. The Morgan fingerprint density at radius 1 is 1.26 bits per heavy atom. The molecule has 35 heavy (non-hydrogen) atoms. The molecule has 0 bridgehead atoms. The first-order chi connectivity index (χ1) is 16.5. The van der Waals surface area contributed by atoms with Crippen molar-refractivity contribution in [1.29, 1.82) is 0 Å². The number of nitrogens with zero attached hydrogens (tertiary/aromatic N) is 4. The van der Waals surface area contributed by atoms with E-state index < -0.39 is 11.7 Å². The summed E-state index contributed by atoms with van der Waals surface area (Å²) < 4.78 is 22.1. The van der Waals surface area contributed by atoms with E-state index in [1.54, 1.807) is 29.1 Å². The molecule has 2 unspecified atom stereocenters. The Kier molecular flexibility index (Phi) is 7.11. The summed E-state index contributed by atoms with van der Waals surface area (Å²) in [6.45, 7) is 7.48. The molecule has 1 amide bonds. The maximum atomic E-state index is 14.2. The van der Waals surface area contributed by atoms with E-state index in [1.165, 1.54) is 6.07 Å². The summed E-state index contributed by atoms with van der Waals surface area (Å²) in [7, 11) is 1.83. The van der Waals surface area contributed by atoms with Crippen molar-refractivity contribution in [3.8, 4) is 10.6 Å². The molecular formula is C24H32FN7O2S. The highest BCUT2D eigenvalue weighted by Gasteiger charge is 2.30. The number of nitrogens with two attached hydrogens (primary N) is 2. The average molecular weight is 502 g/mol. The molecule has 188 valence electrons. The van der Waals surface area contributed by atoms with Gasteiger partial charge in [0.1, 0.15) is 21.5 Å². The minimum atomic E-state index is -0.476. The Labute approximate surface area is 208 Å². The summed E-state index contributed by atoms with van der Waals surface area (Å²) in [6, 6.07) is 6.17. The second kappa shape index (κ2) is 9.92. The van der Waals surface area contributed by atoms with E-state index in [-0.39, 0.29) is 28.4 Å². The van der Waals surface area contributed by atoms with Gasteiger partial charge in [0.05, 0.1) is 17.9 Å².